The van der Waals surface area contributed by atoms with E-state index >= 15 is 0 Å². The van der Waals surface area contributed by atoms with Crippen LogP contribution in [-0.4, -0.2) is 29.3 Å². The SMILES string of the molecule is CC(O)CC(C)NC(C)(CN)Cc1cccc(F)c1. The number of hydrogen-bond donors (Lipinski definition) is 3. The molecule has 0 radical (unpaired) electrons. The number of hydrogen-bond acceptors (Lipinski definition) is 3. The molecule has 0 heterocycles. The van der Waals surface area contributed by atoms with Gasteiger partial charge in [-0.1, -0.05) is 12.1 Å². The third-order valence-electron chi connectivity index (χ3n) is 3.22. The number of rotatable bonds is 7. The quantitative estimate of drug-likeness (QED) is 0.707. The molecule has 3 nitrogen and oxygen atoms in total. The highest BCUT2D eigenvalue weighted by molar-refractivity contribution is 5.19. The second kappa shape index (κ2) is 6.98. The lowest BCUT2D eigenvalue weighted by Gasteiger charge is -2.33. The summed E-state index contributed by atoms with van der Waals surface area (Å²) in [5.74, 6) is -0.228. The second-order valence-electron chi connectivity index (χ2n) is 5.70. The zero-order chi connectivity index (χ0) is 14.5. The molecule has 0 aromatic heterocycles. The third kappa shape index (κ3) is 5.68. The van der Waals surface area contributed by atoms with Crippen LogP contribution in [0.25, 0.3) is 0 Å². The van der Waals surface area contributed by atoms with E-state index in [1.165, 1.54) is 12.1 Å². The number of aliphatic hydroxyl groups is 1. The Hall–Kier alpha value is -0.970. The number of benzene rings is 1. The molecule has 1 rings (SSSR count). The largest absolute Gasteiger partial charge is 0.393 e. The molecule has 0 bridgehead atoms. The first-order valence-corrected chi connectivity index (χ1v) is 6.75. The molecular formula is C15H25FN2O. The standard InChI is InChI=1S/C15H25FN2O/c1-11(7-12(2)19)18-15(3,10-17)9-13-5-4-6-14(16)8-13/h4-6,8,11-12,18-19H,7,9-10,17H2,1-3H3. The van der Waals surface area contributed by atoms with Gasteiger partial charge in [0.15, 0.2) is 0 Å². The van der Waals surface area contributed by atoms with Gasteiger partial charge in [0, 0.05) is 18.1 Å². The Morgan fingerprint density at radius 1 is 1.42 bits per heavy atom. The third-order valence-corrected chi connectivity index (χ3v) is 3.22. The monoisotopic (exact) mass is 268 g/mol. The first-order chi connectivity index (χ1) is 8.84. The first kappa shape index (κ1) is 16.1. The molecule has 1 aromatic rings. The minimum absolute atomic E-state index is 0.155. The summed E-state index contributed by atoms with van der Waals surface area (Å²) in [6.07, 6.45) is 0.975. The second-order valence-corrected chi connectivity index (χ2v) is 5.70. The molecule has 0 amide bonds. The van der Waals surface area contributed by atoms with E-state index in [9.17, 15) is 9.50 Å². The maximum Gasteiger partial charge on any atom is 0.123 e. The van der Waals surface area contributed by atoms with Crippen molar-refractivity contribution in [1.29, 1.82) is 0 Å². The van der Waals surface area contributed by atoms with E-state index in [2.05, 4.69) is 5.32 Å². The van der Waals surface area contributed by atoms with E-state index in [4.69, 9.17) is 5.73 Å². The van der Waals surface area contributed by atoms with Gasteiger partial charge in [0.25, 0.3) is 0 Å². The van der Waals surface area contributed by atoms with Gasteiger partial charge in [-0.3, -0.25) is 0 Å². The minimum atomic E-state index is -0.348. The van der Waals surface area contributed by atoms with Crippen LogP contribution in [0.1, 0.15) is 32.8 Å². The summed E-state index contributed by atoms with van der Waals surface area (Å²) in [5.41, 5.74) is 6.47. The van der Waals surface area contributed by atoms with Crippen molar-refractivity contribution >= 4 is 0 Å². The van der Waals surface area contributed by atoms with E-state index in [1.807, 2.05) is 19.9 Å². The lowest BCUT2D eigenvalue weighted by molar-refractivity contribution is 0.161. The van der Waals surface area contributed by atoms with Crippen LogP contribution in [0.5, 0.6) is 0 Å². The normalized spacial score (nSPS) is 17.8. The lowest BCUT2D eigenvalue weighted by Crippen LogP contribution is -2.54. The summed E-state index contributed by atoms with van der Waals surface area (Å²) in [7, 11) is 0. The fraction of sp³-hybridized carbons (Fsp3) is 0.600. The van der Waals surface area contributed by atoms with E-state index in [-0.39, 0.29) is 23.5 Å². The van der Waals surface area contributed by atoms with Crippen LogP contribution in [0.4, 0.5) is 4.39 Å². The van der Waals surface area contributed by atoms with Gasteiger partial charge in [-0.05, 0) is 51.3 Å². The van der Waals surface area contributed by atoms with Crippen molar-refractivity contribution in [2.45, 2.75) is 51.3 Å². The smallest absolute Gasteiger partial charge is 0.123 e. The van der Waals surface area contributed by atoms with Gasteiger partial charge >= 0.3 is 0 Å². The Morgan fingerprint density at radius 3 is 2.63 bits per heavy atom. The van der Waals surface area contributed by atoms with Crippen LogP contribution < -0.4 is 11.1 Å². The lowest BCUT2D eigenvalue weighted by atomic mass is 9.91. The van der Waals surface area contributed by atoms with E-state index in [0.29, 0.717) is 19.4 Å². The molecule has 0 spiro atoms. The predicted molar refractivity (Wildman–Crippen MR) is 76.5 cm³/mol. The average Bonchev–Trinajstić information content (AvgIpc) is 2.27. The Kier molecular flexibility index (Phi) is 5.91. The Labute approximate surface area is 115 Å². The van der Waals surface area contributed by atoms with Crippen molar-refractivity contribution in [3.63, 3.8) is 0 Å². The molecule has 108 valence electrons. The molecule has 4 N–H and O–H groups in total. The van der Waals surface area contributed by atoms with Gasteiger partial charge in [0.1, 0.15) is 5.82 Å². The Bertz CT molecular complexity index is 397. The van der Waals surface area contributed by atoms with Crippen LogP contribution in [-0.2, 0) is 6.42 Å². The van der Waals surface area contributed by atoms with Crippen molar-refractivity contribution < 1.29 is 9.50 Å². The maximum absolute atomic E-state index is 13.2. The van der Waals surface area contributed by atoms with Crippen molar-refractivity contribution in [3.8, 4) is 0 Å². The molecule has 0 saturated heterocycles. The summed E-state index contributed by atoms with van der Waals surface area (Å²) >= 11 is 0. The summed E-state index contributed by atoms with van der Waals surface area (Å²) in [4.78, 5) is 0. The van der Waals surface area contributed by atoms with Crippen molar-refractivity contribution in [1.82, 2.24) is 5.32 Å². The minimum Gasteiger partial charge on any atom is -0.393 e. The molecule has 0 aliphatic heterocycles. The predicted octanol–water partition coefficient (Wildman–Crippen LogP) is 1.83. The van der Waals surface area contributed by atoms with Crippen molar-refractivity contribution in [2.75, 3.05) is 6.54 Å². The van der Waals surface area contributed by atoms with Gasteiger partial charge in [-0.15, -0.1) is 0 Å². The molecule has 3 atom stereocenters. The molecule has 0 saturated carbocycles. The fourth-order valence-electron chi connectivity index (χ4n) is 2.45. The van der Waals surface area contributed by atoms with Crippen molar-refractivity contribution in [2.24, 2.45) is 5.73 Å². The molecule has 19 heavy (non-hydrogen) atoms. The highest BCUT2D eigenvalue weighted by atomic mass is 19.1. The topological polar surface area (TPSA) is 58.3 Å². The van der Waals surface area contributed by atoms with E-state index in [0.717, 1.165) is 5.56 Å². The number of halogens is 1. The van der Waals surface area contributed by atoms with Gasteiger partial charge in [0.2, 0.25) is 0 Å². The zero-order valence-electron chi connectivity index (χ0n) is 12.0. The van der Waals surface area contributed by atoms with E-state index in [1.54, 1.807) is 13.0 Å². The van der Waals surface area contributed by atoms with Crippen LogP contribution in [0.3, 0.4) is 0 Å². The molecule has 0 fully saturated rings. The van der Waals surface area contributed by atoms with Crippen LogP contribution in [0, 0.1) is 5.82 Å². The average molecular weight is 268 g/mol. The van der Waals surface area contributed by atoms with Gasteiger partial charge in [-0.2, -0.15) is 0 Å². The molecule has 0 aliphatic carbocycles. The Morgan fingerprint density at radius 2 is 2.11 bits per heavy atom. The van der Waals surface area contributed by atoms with Crippen LogP contribution >= 0.6 is 0 Å². The van der Waals surface area contributed by atoms with Gasteiger partial charge < -0.3 is 16.2 Å². The molecule has 4 heteroatoms. The molecule has 3 unspecified atom stereocenters. The van der Waals surface area contributed by atoms with E-state index < -0.39 is 0 Å². The van der Waals surface area contributed by atoms with Crippen LogP contribution in [0.15, 0.2) is 24.3 Å². The fourth-order valence-corrected chi connectivity index (χ4v) is 2.45. The van der Waals surface area contributed by atoms with Gasteiger partial charge in [-0.25, -0.2) is 4.39 Å². The first-order valence-electron chi connectivity index (χ1n) is 6.75. The van der Waals surface area contributed by atoms with Gasteiger partial charge in [0.05, 0.1) is 6.10 Å². The molecule has 0 aliphatic rings. The number of nitrogens with two attached hydrogens (primary N) is 1. The number of nitrogens with one attached hydrogen (secondary N) is 1. The van der Waals surface area contributed by atoms with Crippen molar-refractivity contribution in [3.05, 3.63) is 35.6 Å². The summed E-state index contributed by atoms with van der Waals surface area (Å²) < 4.78 is 13.2. The maximum atomic E-state index is 13.2. The molecule has 1 aromatic carbocycles. The zero-order valence-corrected chi connectivity index (χ0v) is 12.0. The van der Waals surface area contributed by atoms with Crippen LogP contribution in [0.2, 0.25) is 0 Å². The summed E-state index contributed by atoms with van der Waals surface area (Å²) in [6, 6.07) is 6.74. The Balaban J connectivity index is 2.69. The number of aliphatic hydroxyl groups excluding tert-OH is 1. The highest BCUT2D eigenvalue weighted by Gasteiger charge is 2.25. The highest BCUT2D eigenvalue weighted by Crippen LogP contribution is 2.15. The summed E-state index contributed by atoms with van der Waals surface area (Å²) in [5, 5.41) is 12.8. The summed E-state index contributed by atoms with van der Waals surface area (Å²) in [6.45, 7) is 6.26. The molecular weight excluding hydrogens is 243 g/mol.